The fourth-order valence-corrected chi connectivity index (χ4v) is 4.30. The average molecular weight is 385 g/mol. The van der Waals surface area contributed by atoms with Crippen LogP contribution in [0.2, 0.25) is 5.02 Å². The summed E-state index contributed by atoms with van der Waals surface area (Å²) in [5, 5.41) is 0.766. The van der Waals surface area contributed by atoms with Crippen LogP contribution in [-0.2, 0) is 4.79 Å². The van der Waals surface area contributed by atoms with Crippen LogP contribution in [0.15, 0.2) is 59.5 Å². The average Bonchev–Trinajstić information content (AvgIpc) is 2.65. The molecule has 0 fully saturated rings. The molecule has 0 saturated heterocycles. The molecule has 0 bridgehead atoms. The Labute approximate surface area is 168 Å². The van der Waals surface area contributed by atoms with Crippen molar-refractivity contribution in [2.45, 2.75) is 40.2 Å². The molecular formula is C23H29ClN2O. The van der Waals surface area contributed by atoms with Gasteiger partial charge in [0.15, 0.2) is 0 Å². The molecule has 4 heteroatoms. The number of benzene rings is 1. The largest absolute Gasteiger partial charge is 0.371 e. The molecule has 3 nitrogen and oxygen atoms in total. The van der Waals surface area contributed by atoms with Crippen molar-refractivity contribution < 1.29 is 4.79 Å². The second-order valence-electron chi connectivity index (χ2n) is 7.73. The number of fused-ring (bicyclic) bond motifs is 1. The monoisotopic (exact) mass is 384 g/mol. The van der Waals surface area contributed by atoms with Gasteiger partial charge in [-0.05, 0) is 56.0 Å². The minimum absolute atomic E-state index is 0.112. The van der Waals surface area contributed by atoms with Crippen LogP contribution in [0.4, 0.5) is 0 Å². The van der Waals surface area contributed by atoms with E-state index in [0.29, 0.717) is 12.5 Å². The fraction of sp³-hybridized carbons (Fsp3) is 0.435. The molecule has 2 unspecified atom stereocenters. The van der Waals surface area contributed by atoms with Gasteiger partial charge in [-0.1, -0.05) is 43.2 Å². The van der Waals surface area contributed by atoms with Crippen molar-refractivity contribution in [3.63, 3.8) is 0 Å². The van der Waals surface area contributed by atoms with Gasteiger partial charge in [0.25, 0.3) is 5.91 Å². The van der Waals surface area contributed by atoms with E-state index < -0.39 is 0 Å². The maximum atomic E-state index is 12.5. The van der Waals surface area contributed by atoms with Crippen LogP contribution in [0.25, 0.3) is 0 Å². The summed E-state index contributed by atoms with van der Waals surface area (Å²) >= 11 is 6.18. The lowest BCUT2D eigenvalue weighted by Gasteiger charge is -2.41. The molecule has 1 aromatic rings. The Kier molecular flexibility index (Phi) is 5.81. The van der Waals surface area contributed by atoms with E-state index in [0.717, 1.165) is 17.1 Å². The molecule has 1 amide bonds. The number of likely N-dealkylation sites (N-methyl/N-ethyl adjacent to an activating group) is 1. The van der Waals surface area contributed by atoms with Gasteiger partial charge in [0, 0.05) is 42.0 Å². The second-order valence-corrected chi connectivity index (χ2v) is 8.17. The fourth-order valence-electron chi connectivity index (χ4n) is 4.10. The summed E-state index contributed by atoms with van der Waals surface area (Å²) in [6.07, 6.45) is 7.09. The molecule has 0 spiro atoms. The van der Waals surface area contributed by atoms with Gasteiger partial charge in [0.05, 0.1) is 6.04 Å². The third kappa shape index (κ3) is 3.84. The number of nitrogens with zero attached hydrogens (tertiary/aromatic N) is 2. The Hall–Kier alpha value is -2.00. The molecule has 1 heterocycles. The maximum Gasteiger partial charge on any atom is 0.250 e. The van der Waals surface area contributed by atoms with Crippen LogP contribution in [0.5, 0.6) is 0 Å². The summed E-state index contributed by atoms with van der Waals surface area (Å²) in [6.45, 7) is 9.30. The van der Waals surface area contributed by atoms with E-state index >= 15 is 0 Å². The predicted molar refractivity (Wildman–Crippen MR) is 112 cm³/mol. The van der Waals surface area contributed by atoms with Crippen LogP contribution in [0.1, 0.15) is 45.7 Å². The molecule has 3 rings (SSSR count). The molecule has 0 N–H and O–H groups in total. The van der Waals surface area contributed by atoms with Gasteiger partial charge in [0.2, 0.25) is 0 Å². The zero-order valence-electron chi connectivity index (χ0n) is 16.9. The first-order valence-corrected chi connectivity index (χ1v) is 10.1. The Morgan fingerprint density at radius 2 is 2.00 bits per heavy atom. The standard InChI is InChI=1S/C23H29ClN2O/c1-6-26-22-11-10-19(13-21(22)20(15(2)3)14-23(26)27)25(5)16(4)17-8-7-9-18(24)12-17/h7-12,14-16,21H,6,13H2,1-5H3. The normalized spacial score (nSPS) is 20.7. The van der Waals surface area contributed by atoms with Gasteiger partial charge in [-0.3, -0.25) is 4.79 Å². The lowest BCUT2D eigenvalue weighted by Crippen LogP contribution is -2.39. The topological polar surface area (TPSA) is 23.6 Å². The highest BCUT2D eigenvalue weighted by molar-refractivity contribution is 6.30. The summed E-state index contributed by atoms with van der Waals surface area (Å²) in [7, 11) is 2.14. The number of halogens is 1. The predicted octanol–water partition coefficient (Wildman–Crippen LogP) is 5.57. The lowest BCUT2D eigenvalue weighted by molar-refractivity contribution is -0.125. The van der Waals surface area contributed by atoms with Crippen LogP contribution in [-0.4, -0.2) is 29.3 Å². The van der Waals surface area contributed by atoms with Crippen LogP contribution in [0, 0.1) is 11.8 Å². The molecule has 1 aromatic carbocycles. The van der Waals surface area contributed by atoms with E-state index in [1.54, 1.807) is 0 Å². The van der Waals surface area contributed by atoms with Crippen molar-refractivity contribution in [2.24, 2.45) is 11.8 Å². The Bertz CT molecular complexity index is 821. The number of carbonyl (C=O) groups is 1. The Balaban J connectivity index is 1.91. The zero-order chi connectivity index (χ0) is 19.7. The van der Waals surface area contributed by atoms with Gasteiger partial charge < -0.3 is 9.80 Å². The molecule has 1 aliphatic carbocycles. The number of hydrogen-bond acceptors (Lipinski definition) is 2. The van der Waals surface area contributed by atoms with Crippen molar-refractivity contribution in [3.8, 4) is 0 Å². The summed E-state index contributed by atoms with van der Waals surface area (Å²) in [4.78, 5) is 16.7. The quantitative estimate of drug-likeness (QED) is 0.663. The first-order chi connectivity index (χ1) is 12.8. The number of hydrogen-bond donors (Lipinski definition) is 0. The van der Waals surface area contributed by atoms with Gasteiger partial charge >= 0.3 is 0 Å². The SMILES string of the molecule is CCN1C(=O)C=C(C(C)C)C2CC(N(C)C(C)c3cccc(Cl)c3)=CC=C21. The molecule has 0 aromatic heterocycles. The third-order valence-corrected chi connectivity index (χ3v) is 6.07. The van der Waals surface area contributed by atoms with E-state index in [4.69, 9.17) is 11.6 Å². The highest BCUT2D eigenvalue weighted by Gasteiger charge is 2.35. The molecule has 0 radical (unpaired) electrons. The zero-order valence-corrected chi connectivity index (χ0v) is 17.6. The summed E-state index contributed by atoms with van der Waals surface area (Å²) in [5.74, 6) is 0.745. The maximum absolute atomic E-state index is 12.5. The molecule has 2 aliphatic rings. The second kappa shape index (κ2) is 7.93. The smallest absolute Gasteiger partial charge is 0.250 e. The Morgan fingerprint density at radius 1 is 1.26 bits per heavy atom. The van der Waals surface area contributed by atoms with Crippen LogP contribution in [0.3, 0.4) is 0 Å². The highest BCUT2D eigenvalue weighted by atomic mass is 35.5. The molecule has 27 heavy (non-hydrogen) atoms. The number of amides is 1. The minimum Gasteiger partial charge on any atom is -0.371 e. The van der Waals surface area contributed by atoms with Crippen LogP contribution >= 0.6 is 11.6 Å². The number of allylic oxidation sites excluding steroid dienone is 4. The van der Waals surface area contributed by atoms with Crippen molar-refractivity contribution in [3.05, 3.63) is 70.0 Å². The van der Waals surface area contributed by atoms with Crippen molar-refractivity contribution >= 4 is 17.5 Å². The van der Waals surface area contributed by atoms with E-state index in [1.165, 1.54) is 16.8 Å². The van der Waals surface area contributed by atoms with Gasteiger partial charge in [-0.15, -0.1) is 0 Å². The molecular weight excluding hydrogens is 356 g/mol. The summed E-state index contributed by atoms with van der Waals surface area (Å²) in [5.41, 5.74) is 4.87. The summed E-state index contributed by atoms with van der Waals surface area (Å²) < 4.78 is 0. The van der Waals surface area contributed by atoms with E-state index in [2.05, 4.69) is 50.9 Å². The van der Waals surface area contributed by atoms with Crippen molar-refractivity contribution in [2.75, 3.05) is 13.6 Å². The first kappa shape index (κ1) is 19.8. The van der Waals surface area contributed by atoms with E-state index in [9.17, 15) is 4.79 Å². The van der Waals surface area contributed by atoms with Crippen LogP contribution < -0.4 is 0 Å². The lowest BCUT2D eigenvalue weighted by atomic mass is 9.78. The van der Waals surface area contributed by atoms with Gasteiger partial charge in [-0.25, -0.2) is 0 Å². The first-order valence-electron chi connectivity index (χ1n) is 9.75. The van der Waals surface area contributed by atoms with E-state index in [-0.39, 0.29) is 17.9 Å². The molecule has 0 saturated carbocycles. The third-order valence-electron chi connectivity index (χ3n) is 5.83. The van der Waals surface area contributed by atoms with Crippen molar-refractivity contribution in [1.82, 2.24) is 9.80 Å². The molecule has 1 aliphatic heterocycles. The van der Waals surface area contributed by atoms with Crippen molar-refractivity contribution in [1.29, 1.82) is 0 Å². The summed E-state index contributed by atoms with van der Waals surface area (Å²) in [6, 6.07) is 8.29. The number of carbonyl (C=O) groups excluding carboxylic acids is 1. The molecule has 144 valence electrons. The van der Waals surface area contributed by atoms with E-state index in [1.807, 2.05) is 36.1 Å². The van der Waals surface area contributed by atoms with Gasteiger partial charge in [0.1, 0.15) is 0 Å². The Morgan fingerprint density at radius 3 is 2.63 bits per heavy atom. The van der Waals surface area contributed by atoms with Gasteiger partial charge in [-0.2, -0.15) is 0 Å². The minimum atomic E-state index is 0.112. The number of rotatable bonds is 5. The highest BCUT2D eigenvalue weighted by Crippen LogP contribution is 2.41. The molecule has 2 atom stereocenters.